The van der Waals surface area contributed by atoms with Gasteiger partial charge in [-0.1, -0.05) is 11.6 Å². The summed E-state index contributed by atoms with van der Waals surface area (Å²) < 4.78 is 15.9. The summed E-state index contributed by atoms with van der Waals surface area (Å²) >= 11 is 5.95. The molecule has 1 amide bonds. The van der Waals surface area contributed by atoms with E-state index in [2.05, 4.69) is 5.32 Å². The number of hydrogen-bond acceptors (Lipinski definition) is 5. The predicted octanol–water partition coefficient (Wildman–Crippen LogP) is 2.65. The van der Waals surface area contributed by atoms with Gasteiger partial charge in [-0.2, -0.15) is 0 Å². The van der Waals surface area contributed by atoms with Gasteiger partial charge in [0.2, 0.25) is 0 Å². The third kappa shape index (κ3) is 7.32. The minimum atomic E-state index is -0.414. The van der Waals surface area contributed by atoms with E-state index < -0.39 is 5.97 Å². The van der Waals surface area contributed by atoms with Crippen LogP contribution in [0.15, 0.2) is 18.2 Å². The molecule has 1 saturated heterocycles. The maximum atomic E-state index is 11.6. The highest BCUT2D eigenvalue weighted by Crippen LogP contribution is 2.21. The van der Waals surface area contributed by atoms with Crippen LogP contribution in [0, 0.1) is 6.92 Å². The topological polar surface area (TPSA) is 73.9 Å². The fourth-order valence-corrected chi connectivity index (χ4v) is 2.53. The monoisotopic (exact) mass is 369 g/mol. The van der Waals surface area contributed by atoms with Crippen molar-refractivity contribution < 1.29 is 23.8 Å². The molecule has 0 aromatic heterocycles. The number of aryl methyl sites for hydroxylation is 1. The van der Waals surface area contributed by atoms with Crippen molar-refractivity contribution in [3.8, 4) is 5.75 Å². The van der Waals surface area contributed by atoms with E-state index in [9.17, 15) is 9.59 Å². The molecule has 1 heterocycles. The van der Waals surface area contributed by atoms with E-state index in [4.69, 9.17) is 25.8 Å². The van der Waals surface area contributed by atoms with Crippen molar-refractivity contribution in [2.45, 2.75) is 38.7 Å². The van der Waals surface area contributed by atoms with E-state index in [1.165, 1.54) is 0 Å². The van der Waals surface area contributed by atoms with Gasteiger partial charge < -0.3 is 19.5 Å². The first kappa shape index (κ1) is 19.5. The standard InChI is InChI=1S/C18H24ClNO5/c1-13-10-14(6-7-16(13)19)23-9-3-5-18(22)25-12-17(21)20-11-15-4-2-8-24-15/h6-7,10,15H,2-5,8-9,11-12H2,1H3,(H,20,21). The Labute approximate surface area is 152 Å². The van der Waals surface area contributed by atoms with Gasteiger partial charge >= 0.3 is 5.97 Å². The zero-order valence-corrected chi connectivity index (χ0v) is 15.1. The van der Waals surface area contributed by atoms with Crippen molar-refractivity contribution in [3.05, 3.63) is 28.8 Å². The van der Waals surface area contributed by atoms with Gasteiger partial charge in [0.15, 0.2) is 6.61 Å². The number of rotatable bonds is 9. The van der Waals surface area contributed by atoms with Crippen LogP contribution in [0.1, 0.15) is 31.2 Å². The minimum Gasteiger partial charge on any atom is -0.494 e. The normalized spacial score (nSPS) is 16.5. The molecule has 25 heavy (non-hydrogen) atoms. The molecule has 1 N–H and O–H groups in total. The Morgan fingerprint density at radius 3 is 2.96 bits per heavy atom. The van der Waals surface area contributed by atoms with Crippen molar-refractivity contribution in [1.82, 2.24) is 5.32 Å². The van der Waals surface area contributed by atoms with Gasteiger partial charge in [-0.3, -0.25) is 9.59 Å². The molecule has 1 unspecified atom stereocenters. The van der Waals surface area contributed by atoms with Gasteiger partial charge in [-0.15, -0.1) is 0 Å². The summed E-state index contributed by atoms with van der Waals surface area (Å²) in [6.07, 6.45) is 2.76. The lowest BCUT2D eigenvalue weighted by atomic mass is 10.2. The van der Waals surface area contributed by atoms with Crippen LogP contribution in [0.25, 0.3) is 0 Å². The molecule has 1 aromatic rings. The molecule has 1 aromatic carbocycles. The molecule has 0 saturated carbocycles. The summed E-state index contributed by atoms with van der Waals surface area (Å²) in [5.41, 5.74) is 0.938. The minimum absolute atomic E-state index is 0.0771. The highest BCUT2D eigenvalue weighted by atomic mass is 35.5. The van der Waals surface area contributed by atoms with E-state index in [0.717, 1.165) is 25.0 Å². The zero-order chi connectivity index (χ0) is 18.1. The molecule has 1 atom stereocenters. The van der Waals surface area contributed by atoms with Crippen LogP contribution in [-0.2, 0) is 19.1 Å². The first-order valence-electron chi connectivity index (χ1n) is 8.47. The van der Waals surface area contributed by atoms with E-state index >= 15 is 0 Å². The van der Waals surface area contributed by atoms with Crippen LogP contribution in [0.2, 0.25) is 5.02 Å². The third-order valence-corrected chi connectivity index (χ3v) is 4.26. The lowest BCUT2D eigenvalue weighted by Gasteiger charge is -2.11. The Bertz CT molecular complexity index is 587. The molecule has 7 heteroatoms. The summed E-state index contributed by atoms with van der Waals surface area (Å²) in [7, 11) is 0. The Morgan fingerprint density at radius 1 is 1.40 bits per heavy atom. The highest BCUT2D eigenvalue weighted by Gasteiger charge is 2.16. The van der Waals surface area contributed by atoms with Crippen molar-refractivity contribution in [1.29, 1.82) is 0 Å². The van der Waals surface area contributed by atoms with Crippen LogP contribution in [0.4, 0.5) is 0 Å². The molecule has 0 radical (unpaired) electrons. The molecular formula is C18H24ClNO5. The predicted molar refractivity (Wildman–Crippen MR) is 93.9 cm³/mol. The first-order chi connectivity index (χ1) is 12.0. The van der Waals surface area contributed by atoms with Crippen molar-refractivity contribution in [2.75, 3.05) is 26.4 Å². The molecule has 0 aliphatic carbocycles. The lowest BCUT2D eigenvalue weighted by Crippen LogP contribution is -2.34. The van der Waals surface area contributed by atoms with E-state index in [-0.39, 0.29) is 25.0 Å². The second kappa shape index (κ2) is 10.3. The largest absolute Gasteiger partial charge is 0.494 e. The third-order valence-electron chi connectivity index (χ3n) is 3.84. The smallest absolute Gasteiger partial charge is 0.306 e. The molecular weight excluding hydrogens is 346 g/mol. The van der Waals surface area contributed by atoms with Gasteiger partial charge in [-0.25, -0.2) is 0 Å². The fraction of sp³-hybridized carbons (Fsp3) is 0.556. The van der Waals surface area contributed by atoms with E-state index in [1.54, 1.807) is 12.1 Å². The number of ether oxygens (including phenoxy) is 3. The number of carbonyl (C=O) groups is 2. The van der Waals surface area contributed by atoms with E-state index in [0.29, 0.717) is 30.3 Å². The van der Waals surface area contributed by atoms with Gasteiger partial charge in [0.05, 0.1) is 12.7 Å². The maximum Gasteiger partial charge on any atom is 0.306 e. The van der Waals surface area contributed by atoms with Gasteiger partial charge in [0.1, 0.15) is 5.75 Å². The summed E-state index contributed by atoms with van der Waals surface area (Å²) in [5.74, 6) is -0.0105. The number of halogens is 1. The molecule has 0 bridgehead atoms. The van der Waals surface area contributed by atoms with Crippen LogP contribution in [-0.4, -0.2) is 44.3 Å². The SMILES string of the molecule is Cc1cc(OCCCC(=O)OCC(=O)NCC2CCCO2)ccc1Cl. The lowest BCUT2D eigenvalue weighted by molar-refractivity contribution is -0.148. The van der Waals surface area contributed by atoms with E-state index in [1.807, 2.05) is 13.0 Å². The molecule has 6 nitrogen and oxygen atoms in total. The molecule has 1 aliphatic heterocycles. The van der Waals surface area contributed by atoms with Gasteiger partial charge in [0.25, 0.3) is 5.91 Å². The van der Waals surface area contributed by atoms with Crippen molar-refractivity contribution >= 4 is 23.5 Å². The summed E-state index contributed by atoms with van der Waals surface area (Å²) in [4.78, 5) is 23.2. The van der Waals surface area contributed by atoms with Crippen LogP contribution in [0.5, 0.6) is 5.75 Å². The molecule has 1 fully saturated rings. The summed E-state index contributed by atoms with van der Waals surface area (Å²) in [6, 6.07) is 5.40. The first-order valence-corrected chi connectivity index (χ1v) is 8.85. The number of esters is 1. The number of benzene rings is 1. The maximum absolute atomic E-state index is 11.6. The number of nitrogens with one attached hydrogen (secondary N) is 1. The molecule has 0 spiro atoms. The second-order valence-electron chi connectivity index (χ2n) is 5.96. The Hall–Kier alpha value is -1.79. The summed E-state index contributed by atoms with van der Waals surface area (Å²) in [5, 5.41) is 3.39. The molecule has 2 rings (SSSR count). The number of hydrogen-bond donors (Lipinski definition) is 1. The average Bonchev–Trinajstić information content (AvgIpc) is 3.11. The quantitative estimate of drug-likeness (QED) is 0.535. The van der Waals surface area contributed by atoms with Crippen LogP contribution >= 0.6 is 11.6 Å². The zero-order valence-electron chi connectivity index (χ0n) is 14.4. The van der Waals surface area contributed by atoms with Crippen LogP contribution < -0.4 is 10.1 Å². The van der Waals surface area contributed by atoms with Crippen LogP contribution in [0.3, 0.4) is 0 Å². The van der Waals surface area contributed by atoms with Gasteiger partial charge in [-0.05, 0) is 49.9 Å². The summed E-state index contributed by atoms with van der Waals surface area (Å²) in [6.45, 7) is 3.23. The van der Waals surface area contributed by atoms with Crippen molar-refractivity contribution in [2.24, 2.45) is 0 Å². The fourth-order valence-electron chi connectivity index (χ4n) is 2.42. The average molecular weight is 370 g/mol. The Morgan fingerprint density at radius 2 is 2.24 bits per heavy atom. The Balaban J connectivity index is 1.52. The number of carbonyl (C=O) groups excluding carboxylic acids is 2. The van der Waals surface area contributed by atoms with Gasteiger partial charge in [0, 0.05) is 24.6 Å². The van der Waals surface area contributed by atoms with Crippen molar-refractivity contribution in [3.63, 3.8) is 0 Å². The molecule has 138 valence electrons. The Kier molecular flexibility index (Phi) is 8.01. The highest BCUT2D eigenvalue weighted by molar-refractivity contribution is 6.31. The second-order valence-corrected chi connectivity index (χ2v) is 6.37. The number of amides is 1. The molecule has 1 aliphatic rings.